The van der Waals surface area contributed by atoms with E-state index in [-0.39, 0.29) is 18.9 Å². The molecule has 6 nitrogen and oxygen atoms in total. The summed E-state index contributed by atoms with van der Waals surface area (Å²) in [5.74, 6) is -0.243. The Labute approximate surface area is 161 Å². The summed E-state index contributed by atoms with van der Waals surface area (Å²) in [4.78, 5) is 24.5. The van der Waals surface area contributed by atoms with Crippen LogP contribution in [0.3, 0.4) is 0 Å². The second kappa shape index (κ2) is 7.60. The molecule has 2 heterocycles. The van der Waals surface area contributed by atoms with Gasteiger partial charge in [0.2, 0.25) is 0 Å². The Kier molecular flexibility index (Phi) is 4.85. The molecule has 0 radical (unpaired) electrons. The summed E-state index contributed by atoms with van der Waals surface area (Å²) in [5, 5.41) is 5.65. The molecule has 1 atom stereocenters. The fourth-order valence-electron chi connectivity index (χ4n) is 3.18. The lowest BCUT2D eigenvalue weighted by molar-refractivity contribution is -0.154. The van der Waals surface area contributed by atoms with Crippen LogP contribution in [0.5, 0.6) is 0 Å². The van der Waals surface area contributed by atoms with Gasteiger partial charge in [-0.2, -0.15) is 0 Å². The molecule has 6 heteroatoms. The van der Waals surface area contributed by atoms with E-state index in [1.807, 2.05) is 36.4 Å². The molecular weight excluding hydrogens is 358 g/mol. The molecule has 0 saturated carbocycles. The molecule has 28 heavy (non-hydrogen) atoms. The lowest BCUT2D eigenvalue weighted by atomic mass is 10.0. The zero-order chi connectivity index (χ0) is 19.5. The first-order chi connectivity index (χ1) is 13.6. The van der Waals surface area contributed by atoms with Crippen LogP contribution in [-0.4, -0.2) is 18.0 Å². The maximum atomic E-state index is 12.4. The van der Waals surface area contributed by atoms with Crippen LogP contribution in [0.25, 0.3) is 21.7 Å². The Bertz CT molecular complexity index is 1130. The van der Waals surface area contributed by atoms with Gasteiger partial charge in [0.15, 0.2) is 6.10 Å². The van der Waals surface area contributed by atoms with Crippen LogP contribution < -0.4 is 5.32 Å². The third-order valence-corrected chi connectivity index (χ3v) is 4.57. The molecule has 0 aliphatic carbocycles. The highest BCUT2D eigenvalue weighted by Crippen LogP contribution is 2.30. The summed E-state index contributed by atoms with van der Waals surface area (Å²) in [6.07, 6.45) is 2.22. The maximum absolute atomic E-state index is 12.4. The molecular formula is C22H19NO5. The van der Waals surface area contributed by atoms with E-state index < -0.39 is 12.1 Å². The summed E-state index contributed by atoms with van der Waals surface area (Å²) < 4.78 is 16.0. The Morgan fingerprint density at radius 2 is 1.93 bits per heavy atom. The van der Waals surface area contributed by atoms with E-state index in [2.05, 4.69) is 5.32 Å². The number of fused-ring (bicyclic) bond motifs is 3. The van der Waals surface area contributed by atoms with Crippen LogP contribution >= 0.6 is 0 Å². The van der Waals surface area contributed by atoms with Crippen molar-refractivity contribution in [2.75, 3.05) is 0 Å². The second-order valence-corrected chi connectivity index (χ2v) is 6.53. The average molecular weight is 377 g/mol. The summed E-state index contributed by atoms with van der Waals surface area (Å²) >= 11 is 0. The minimum atomic E-state index is -0.905. The standard InChI is InChI=1S/C22H19NO5/c1-14(22(25)23-12-17-6-4-10-26-17)28-20(24)11-16-13-27-19-9-8-15-5-2-3-7-18(15)21(16)19/h2-10,13-14H,11-12H2,1H3,(H,23,25)/t14-/m0/s1. The molecule has 0 saturated heterocycles. The van der Waals surface area contributed by atoms with Gasteiger partial charge in [0.25, 0.3) is 5.91 Å². The van der Waals surface area contributed by atoms with Gasteiger partial charge in [-0.1, -0.05) is 30.3 Å². The number of carbonyl (C=O) groups excluding carboxylic acids is 2. The van der Waals surface area contributed by atoms with Gasteiger partial charge in [-0.05, 0) is 35.9 Å². The van der Waals surface area contributed by atoms with Gasteiger partial charge in [0.1, 0.15) is 11.3 Å². The fourth-order valence-corrected chi connectivity index (χ4v) is 3.18. The number of benzene rings is 2. The molecule has 0 unspecified atom stereocenters. The van der Waals surface area contributed by atoms with Crippen molar-refractivity contribution in [3.8, 4) is 0 Å². The first-order valence-corrected chi connectivity index (χ1v) is 8.99. The van der Waals surface area contributed by atoms with E-state index in [0.717, 1.165) is 21.7 Å². The van der Waals surface area contributed by atoms with Gasteiger partial charge < -0.3 is 18.9 Å². The topological polar surface area (TPSA) is 81.7 Å². The quantitative estimate of drug-likeness (QED) is 0.514. The van der Waals surface area contributed by atoms with Gasteiger partial charge in [-0.25, -0.2) is 0 Å². The molecule has 0 bridgehead atoms. The zero-order valence-electron chi connectivity index (χ0n) is 15.3. The van der Waals surface area contributed by atoms with Crippen LogP contribution in [0.1, 0.15) is 18.2 Å². The van der Waals surface area contributed by atoms with Crippen LogP contribution in [0.2, 0.25) is 0 Å². The average Bonchev–Trinajstić information content (AvgIpc) is 3.36. The Morgan fingerprint density at radius 1 is 1.07 bits per heavy atom. The first-order valence-electron chi connectivity index (χ1n) is 8.99. The van der Waals surface area contributed by atoms with Crippen molar-refractivity contribution in [2.24, 2.45) is 0 Å². The van der Waals surface area contributed by atoms with Gasteiger partial charge in [0, 0.05) is 10.9 Å². The normalized spacial score (nSPS) is 12.2. The molecule has 142 valence electrons. The number of esters is 1. The molecule has 1 N–H and O–H groups in total. The number of furan rings is 2. The highest BCUT2D eigenvalue weighted by Gasteiger charge is 2.20. The van der Waals surface area contributed by atoms with Gasteiger partial charge in [-0.15, -0.1) is 0 Å². The highest BCUT2D eigenvalue weighted by molar-refractivity contribution is 6.08. The summed E-state index contributed by atoms with van der Waals surface area (Å²) in [6.45, 7) is 1.78. The number of amides is 1. The molecule has 2 aromatic carbocycles. The van der Waals surface area contributed by atoms with Crippen molar-refractivity contribution >= 4 is 33.6 Å². The molecule has 4 rings (SSSR count). The predicted molar refractivity (Wildman–Crippen MR) is 104 cm³/mol. The minimum Gasteiger partial charge on any atom is -0.467 e. The second-order valence-electron chi connectivity index (χ2n) is 6.53. The molecule has 0 aliphatic heterocycles. The molecule has 0 fully saturated rings. The van der Waals surface area contributed by atoms with E-state index >= 15 is 0 Å². The fraction of sp³-hybridized carbons (Fsp3) is 0.182. The van der Waals surface area contributed by atoms with E-state index in [1.54, 1.807) is 18.4 Å². The third-order valence-electron chi connectivity index (χ3n) is 4.57. The van der Waals surface area contributed by atoms with Crippen molar-refractivity contribution in [2.45, 2.75) is 26.0 Å². The summed E-state index contributed by atoms with van der Waals surface area (Å²) in [6, 6.07) is 15.3. The minimum absolute atomic E-state index is 0.0246. The molecule has 1 amide bonds. The number of hydrogen-bond acceptors (Lipinski definition) is 5. The number of nitrogens with one attached hydrogen (secondary N) is 1. The van der Waals surface area contributed by atoms with Crippen LogP contribution in [0, 0.1) is 0 Å². The SMILES string of the molecule is C[C@H](OC(=O)Cc1coc2ccc3ccccc3c12)C(=O)NCc1ccco1. The van der Waals surface area contributed by atoms with Gasteiger partial charge in [0.05, 0.1) is 25.5 Å². The largest absolute Gasteiger partial charge is 0.467 e. The van der Waals surface area contributed by atoms with Crippen molar-refractivity contribution < 1.29 is 23.2 Å². The van der Waals surface area contributed by atoms with E-state index in [1.165, 1.54) is 13.2 Å². The third kappa shape index (κ3) is 3.62. The van der Waals surface area contributed by atoms with Crippen LogP contribution in [0.4, 0.5) is 0 Å². The van der Waals surface area contributed by atoms with Crippen LogP contribution in [-0.2, 0) is 27.3 Å². The van der Waals surface area contributed by atoms with E-state index in [4.69, 9.17) is 13.6 Å². The number of hydrogen-bond donors (Lipinski definition) is 1. The Hall–Kier alpha value is -3.54. The van der Waals surface area contributed by atoms with Crippen molar-refractivity contribution in [1.29, 1.82) is 0 Å². The molecule has 0 spiro atoms. The summed E-state index contributed by atoms with van der Waals surface area (Å²) in [5.41, 5.74) is 1.45. The van der Waals surface area contributed by atoms with Crippen molar-refractivity contribution in [1.82, 2.24) is 5.32 Å². The summed E-state index contributed by atoms with van der Waals surface area (Å²) in [7, 11) is 0. The first kappa shape index (κ1) is 17.9. The Balaban J connectivity index is 1.43. The van der Waals surface area contributed by atoms with Crippen molar-refractivity contribution in [3.63, 3.8) is 0 Å². The predicted octanol–water partition coefficient (Wildman–Crippen LogP) is 3.97. The van der Waals surface area contributed by atoms with Gasteiger partial charge >= 0.3 is 5.97 Å². The maximum Gasteiger partial charge on any atom is 0.311 e. The number of rotatable bonds is 6. The smallest absolute Gasteiger partial charge is 0.311 e. The van der Waals surface area contributed by atoms with Crippen LogP contribution in [0.15, 0.2) is 69.9 Å². The molecule has 2 aromatic heterocycles. The van der Waals surface area contributed by atoms with E-state index in [9.17, 15) is 9.59 Å². The molecule has 4 aromatic rings. The van der Waals surface area contributed by atoms with E-state index in [0.29, 0.717) is 11.3 Å². The monoisotopic (exact) mass is 377 g/mol. The number of ether oxygens (including phenoxy) is 1. The zero-order valence-corrected chi connectivity index (χ0v) is 15.3. The lowest BCUT2D eigenvalue weighted by Gasteiger charge is -2.13. The lowest BCUT2D eigenvalue weighted by Crippen LogP contribution is -2.35. The number of carbonyl (C=O) groups is 2. The highest BCUT2D eigenvalue weighted by atomic mass is 16.5. The molecule has 0 aliphatic rings. The Morgan fingerprint density at radius 3 is 2.75 bits per heavy atom. The van der Waals surface area contributed by atoms with Gasteiger partial charge in [-0.3, -0.25) is 9.59 Å². The van der Waals surface area contributed by atoms with Crippen molar-refractivity contribution in [3.05, 3.63) is 72.4 Å².